The van der Waals surface area contributed by atoms with Crippen LogP contribution >= 0.6 is 0 Å². The van der Waals surface area contributed by atoms with Crippen LogP contribution in [-0.4, -0.2) is 36.0 Å². The van der Waals surface area contributed by atoms with Crippen molar-refractivity contribution in [2.45, 2.75) is 24.8 Å². The van der Waals surface area contributed by atoms with Crippen molar-refractivity contribution in [1.29, 1.82) is 10.5 Å². The van der Waals surface area contributed by atoms with E-state index in [1.165, 1.54) is 6.07 Å². The smallest absolute Gasteiger partial charge is 0.354 e. The van der Waals surface area contributed by atoms with Crippen LogP contribution in [0.4, 0.5) is 0 Å². The van der Waals surface area contributed by atoms with Gasteiger partial charge < -0.3 is 5.11 Å². The van der Waals surface area contributed by atoms with Crippen LogP contribution in [0.25, 0.3) is 33.4 Å². The third-order valence-corrected chi connectivity index (χ3v) is 6.02. The molecule has 4 aromatic rings. The maximum absolute atomic E-state index is 11.4. The molecule has 0 spiro atoms. The second-order valence-corrected chi connectivity index (χ2v) is 8.12. The highest BCUT2D eigenvalue weighted by atomic mass is 16.4. The predicted octanol–water partition coefficient (Wildman–Crippen LogP) is 3.80. The summed E-state index contributed by atoms with van der Waals surface area (Å²) in [7, 11) is 0. The molecular formula is C24H17N7O2. The third-order valence-electron chi connectivity index (χ3n) is 6.02. The Bertz CT molecular complexity index is 1470. The fraction of sp³-hybridized carbons (Fsp3) is 0.208. The number of aromatic nitrogens is 5. The Balaban J connectivity index is 1.62. The molecule has 33 heavy (non-hydrogen) atoms. The summed E-state index contributed by atoms with van der Waals surface area (Å²) in [6, 6.07) is 16.8. The summed E-state index contributed by atoms with van der Waals surface area (Å²) in [6.45, 7) is 0. The molecule has 0 saturated heterocycles. The summed E-state index contributed by atoms with van der Waals surface area (Å²) in [5, 5.41) is 37.8. The van der Waals surface area contributed by atoms with Gasteiger partial charge in [0.2, 0.25) is 0 Å². The molecule has 9 nitrogen and oxygen atoms in total. The van der Waals surface area contributed by atoms with Gasteiger partial charge in [-0.15, -0.1) is 0 Å². The van der Waals surface area contributed by atoms with Crippen molar-refractivity contribution in [1.82, 2.24) is 25.0 Å². The van der Waals surface area contributed by atoms with Gasteiger partial charge in [-0.3, -0.25) is 4.98 Å². The summed E-state index contributed by atoms with van der Waals surface area (Å²) in [4.78, 5) is 21.7. The van der Waals surface area contributed by atoms with Gasteiger partial charge in [-0.1, -0.05) is 12.1 Å². The number of carboxylic acid groups (broad SMARTS) is 1. The number of hydrogen-bond acceptors (Lipinski definition) is 7. The molecule has 1 saturated carbocycles. The number of nitriles is 2. The molecule has 0 unspecified atom stereocenters. The van der Waals surface area contributed by atoms with Gasteiger partial charge in [0.05, 0.1) is 47.4 Å². The van der Waals surface area contributed by atoms with Crippen LogP contribution in [-0.2, 0) is 5.54 Å². The van der Waals surface area contributed by atoms with Gasteiger partial charge in [0, 0.05) is 22.7 Å². The van der Waals surface area contributed by atoms with Crippen molar-refractivity contribution in [3.05, 3.63) is 60.6 Å². The molecular weight excluding hydrogens is 418 g/mol. The molecule has 0 bridgehead atoms. The molecule has 9 heteroatoms. The van der Waals surface area contributed by atoms with E-state index in [1.807, 2.05) is 24.3 Å². The highest BCUT2D eigenvalue weighted by molar-refractivity contribution is 5.97. The fourth-order valence-electron chi connectivity index (χ4n) is 4.35. The van der Waals surface area contributed by atoms with Crippen molar-refractivity contribution < 1.29 is 9.90 Å². The van der Waals surface area contributed by atoms with Gasteiger partial charge in [-0.05, 0) is 43.2 Å². The quantitative estimate of drug-likeness (QED) is 0.499. The number of pyridine rings is 2. The molecule has 0 atom stereocenters. The van der Waals surface area contributed by atoms with E-state index < -0.39 is 11.5 Å². The van der Waals surface area contributed by atoms with Crippen molar-refractivity contribution in [3.8, 4) is 34.7 Å². The van der Waals surface area contributed by atoms with Crippen molar-refractivity contribution in [3.63, 3.8) is 0 Å². The lowest BCUT2D eigenvalue weighted by atomic mass is 9.68. The number of carboxylic acids is 1. The molecule has 0 aliphatic heterocycles. The number of benzene rings is 1. The van der Waals surface area contributed by atoms with E-state index in [-0.39, 0.29) is 18.0 Å². The number of carbonyl (C=O) groups is 1. The van der Waals surface area contributed by atoms with Gasteiger partial charge in [0.1, 0.15) is 11.4 Å². The largest absolute Gasteiger partial charge is 0.477 e. The van der Waals surface area contributed by atoms with E-state index in [4.69, 9.17) is 5.10 Å². The maximum Gasteiger partial charge on any atom is 0.354 e. The molecule has 3 heterocycles. The third kappa shape index (κ3) is 3.46. The average Bonchev–Trinajstić information content (AvgIpc) is 3.31. The van der Waals surface area contributed by atoms with Crippen LogP contribution < -0.4 is 0 Å². The Hall–Kier alpha value is -4.63. The highest BCUT2D eigenvalue weighted by Gasteiger charge is 2.48. The topological polar surface area (TPSA) is 141 Å². The first kappa shape index (κ1) is 20.3. The molecule has 0 radical (unpaired) electrons. The molecule has 1 aliphatic rings. The second kappa shape index (κ2) is 7.81. The molecule has 5 rings (SSSR count). The predicted molar refractivity (Wildman–Crippen MR) is 117 cm³/mol. The Kier molecular flexibility index (Phi) is 4.80. The summed E-state index contributed by atoms with van der Waals surface area (Å²) >= 11 is 0. The van der Waals surface area contributed by atoms with Crippen LogP contribution in [0.15, 0.2) is 54.9 Å². The maximum atomic E-state index is 11.4. The van der Waals surface area contributed by atoms with Crippen molar-refractivity contribution >= 4 is 16.9 Å². The number of hydrogen-bond donors (Lipinski definition) is 1. The Morgan fingerprint density at radius 2 is 2.03 bits per heavy atom. The van der Waals surface area contributed by atoms with E-state index in [0.29, 0.717) is 35.3 Å². The summed E-state index contributed by atoms with van der Waals surface area (Å²) in [6.07, 6.45) is 4.64. The number of rotatable bonds is 5. The summed E-state index contributed by atoms with van der Waals surface area (Å²) < 4.78 is 0. The summed E-state index contributed by atoms with van der Waals surface area (Å²) in [5.74, 6) is -1.20. The molecule has 3 aromatic heterocycles. The molecule has 160 valence electrons. The van der Waals surface area contributed by atoms with E-state index >= 15 is 0 Å². The van der Waals surface area contributed by atoms with E-state index in [1.54, 1.807) is 29.3 Å². The zero-order valence-corrected chi connectivity index (χ0v) is 17.4. The molecule has 0 amide bonds. The number of aromatic carboxylic acids is 1. The first-order chi connectivity index (χ1) is 16.0. The standard InChI is InChI=1S/C24H17N7O2/c25-7-6-24(11-15(12-24)13-26)31-28-14-22(30-31)18-9-16(10-21-17(18)3-2-8-27-21)19-4-1-5-20(29-19)23(32)33/h1-5,8-10,14-15H,6,11-12H2,(H,32,33)/t15-,24+. The lowest BCUT2D eigenvalue weighted by Gasteiger charge is -2.42. The van der Waals surface area contributed by atoms with Gasteiger partial charge in [-0.25, -0.2) is 9.78 Å². The summed E-state index contributed by atoms with van der Waals surface area (Å²) in [5.41, 5.74) is 2.67. The van der Waals surface area contributed by atoms with Gasteiger partial charge >= 0.3 is 5.97 Å². The Morgan fingerprint density at radius 3 is 2.79 bits per heavy atom. The number of nitrogens with zero attached hydrogens (tertiary/aromatic N) is 7. The monoisotopic (exact) mass is 435 g/mol. The molecule has 1 fully saturated rings. The van der Waals surface area contributed by atoms with Crippen LogP contribution in [0, 0.1) is 28.6 Å². The SMILES string of the molecule is N#CC[C@]1(n2ncc(-c3cc(-c4cccc(C(=O)O)n4)cc4ncccc34)n2)C[C@@H](C#N)C1. The molecule has 1 aliphatic carbocycles. The van der Waals surface area contributed by atoms with Crippen LogP contribution in [0.5, 0.6) is 0 Å². The highest BCUT2D eigenvalue weighted by Crippen LogP contribution is 2.45. The minimum absolute atomic E-state index is 0.0448. The number of fused-ring (bicyclic) bond motifs is 1. The van der Waals surface area contributed by atoms with Crippen LogP contribution in [0.2, 0.25) is 0 Å². The zero-order chi connectivity index (χ0) is 23.0. The van der Waals surface area contributed by atoms with Gasteiger partial charge in [0.25, 0.3) is 0 Å². The van der Waals surface area contributed by atoms with E-state index in [9.17, 15) is 20.4 Å². The minimum atomic E-state index is -1.10. The van der Waals surface area contributed by atoms with E-state index in [2.05, 4.69) is 27.2 Å². The van der Waals surface area contributed by atoms with E-state index in [0.717, 1.165) is 10.9 Å². The molecule has 1 N–H and O–H groups in total. The van der Waals surface area contributed by atoms with Crippen molar-refractivity contribution in [2.24, 2.45) is 5.92 Å². The Morgan fingerprint density at radius 1 is 1.18 bits per heavy atom. The fourth-order valence-corrected chi connectivity index (χ4v) is 4.35. The lowest BCUT2D eigenvalue weighted by Crippen LogP contribution is -2.47. The second-order valence-electron chi connectivity index (χ2n) is 8.12. The molecule has 1 aromatic carbocycles. The zero-order valence-electron chi connectivity index (χ0n) is 17.4. The van der Waals surface area contributed by atoms with Gasteiger partial charge in [-0.2, -0.15) is 25.5 Å². The normalized spacial score (nSPS) is 19.4. The first-order valence-electron chi connectivity index (χ1n) is 10.3. The lowest BCUT2D eigenvalue weighted by molar-refractivity contribution is 0.0690. The average molecular weight is 435 g/mol. The van der Waals surface area contributed by atoms with Crippen molar-refractivity contribution in [2.75, 3.05) is 0 Å². The first-order valence-corrected chi connectivity index (χ1v) is 10.3. The van der Waals surface area contributed by atoms with Crippen LogP contribution in [0.3, 0.4) is 0 Å². The van der Waals surface area contributed by atoms with Gasteiger partial charge in [0.15, 0.2) is 0 Å². The minimum Gasteiger partial charge on any atom is -0.477 e. The Labute approximate surface area is 188 Å². The van der Waals surface area contributed by atoms with Crippen LogP contribution in [0.1, 0.15) is 29.8 Å².